The largest absolute Gasteiger partial charge is 0.465 e. The molecule has 1 rings (SSSR count). The lowest BCUT2D eigenvalue weighted by Gasteiger charge is -2.10. The van der Waals surface area contributed by atoms with Gasteiger partial charge in [0.05, 0.1) is 12.2 Å². The minimum Gasteiger partial charge on any atom is -0.465 e. The molecule has 0 aromatic heterocycles. The third-order valence-corrected chi connectivity index (χ3v) is 3.44. The number of carbonyl (C=O) groups excluding carboxylic acids is 1. The van der Waals surface area contributed by atoms with Crippen LogP contribution in [-0.4, -0.2) is 24.4 Å². The van der Waals surface area contributed by atoms with E-state index in [1.54, 1.807) is 19.1 Å². The monoisotopic (exact) mass is 282 g/mol. The second-order valence-electron chi connectivity index (χ2n) is 3.80. The number of rotatable bonds is 6. The Labute approximate surface area is 115 Å². The number of nitrogens with zero attached hydrogens (tertiary/aromatic N) is 1. The van der Waals surface area contributed by atoms with Crippen LogP contribution in [0.4, 0.5) is 4.39 Å². The van der Waals surface area contributed by atoms with Gasteiger partial charge in [0.2, 0.25) is 0 Å². The fourth-order valence-electron chi connectivity index (χ4n) is 1.37. The highest BCUT2D eigenvalue weighted by Crippen LogP contribution is 2.16. The predicted octanol–water partition coefficient (Wildman–Crippen LogP) is 1.82. The van der Waals surface area contributed by atoms with Crippen molar-refractivity contribution in [1.29, 1.82) is 5.26 Å². The number of hydrogen-bond acceptors (Lipinski definition) is 5. The van der Waals surface area contributed by atoms with E-state index in [0.29, 0.717) is 18.1 Å². The summed E-state index contributed by atoms with van der Waals surface area (Å²) >= 11 is 1.44. The summed E-state index contributed by atoms with van der Waals surface area (Å²) in [6.07, 6.45) is 0. The molecule has 0 aliphatic carbocycles. The minimum atomic E-state index is -0.666. The first-order valence-corrected chi connectivity index (χ1v) is 6.92. The van der Waals surface area contributed by atoms with Gasteiger partial charge in [-0.05, 0) is 24.6 Å². The summed E-state index contributed by atoms with van der Waals surface area (Å²) in [4.78, 5) is 11.3. The molecule has 0 bridgehead atoms. The van der Waals surface area contributed by atoms with Gasteiger partial charge in [-0.2, -0.15) is 17.0 Å². The van der Waals surface area contributed by atoms with Crippen LogP contribution in [-0.2, 0) is 15.3 Å². The number of nitriles is 1. The third kappa shape index (κ3) is 4.89. The highest BCUT2D eigenvalue weighted by Gasteiger charge is 2.14. The Hall–Kier alpha value is -1.58. The Morgan fingerprint density at radius 1 is 1.63 bits per heavy atom. The van der Waals surface area contributed by atoms with Crippen molar-refractivity contribution >= 4 is 17.7 Å². The molecule has 0 aliphatic rings. The summed E-state index contributed by atoms with van der Waals surface area (Å²) in [5, 5.41) is 8.71. The van der Waals surface area contributed by atoms with Crippen molar-refractivity contribution in [2.45, 2.75) is 18.7 Å². The molecule has 2 N–H and O–H groups in total. The number of benzene rings is 1. The van der Waals surface area contributed by atoms with E-state index in [1.165, 1.54) is 23.9 Å². The Balaban J connectivity index is 2.45. The van der Waals surface area contributed by atoms with E-state index in [2.05, 4.69) is 0 Å². The van der Waals surface area contributed by atoms with Gasteiger partial charge in [-0.1, -0.05) is 6.07 Å². The molecule has 0 fully saturated rings. The van der Waals surface area contributed by atoms with Crippen molar-refractivity contribution in [2.75, 3.05) is 12.4 Å². The van der Waals surface area contributed by atoms with E-state index >= 15 is 0 Å². The lowest BCUT2D eigenvalue weighted by Crippen LogP contribution is -2.34. The smallest absolute Gasteiger partial charge is 0.323 e. The molecule has 0 saturated heterocycles. The van der Waals surface area contributed by atoms with Gasteiger partial charge in [0.15, 0.2) is 0 Å². The van der Waals surface area contributed by atoms with Crippen LogP contribution in [0.1, 0.15) is 18.1 Å². The van der Waals surface area contributed by atoms with E-state index in [9.17, 15) is 9.18 Å². The number of thioether (sulfide) groups is 1. The lowest BCUT2D eigenvalue weighted by atomic mass is 10.1. The summed E-state index contributed by atoms with van der Waals surface area (Å²) in [6, 6.07) is 5.49. The average Bonchev–Trinajstić information content (AvgIpc) is 2.40. The number of esters is 1. The van der Waals surface area contributed by atoms with Crippen LogP contribution in [0.3, 0.4) is 0 Å². The van der Waals surface area contributed by atoms with Crippen LogP contribution < -0.4 is 5.73 Å². The van der Waals surface area contributed by atoms with Crippen LogP contribution in [0.15, 0.2) is 18.2 Å². The quantitative estimate of drug-likeness (QED) is 0.805. The lowest BCUT2D eigenvalue weighted by molar-refractivity contribution is -0.144. The Kier molecular flexibility index (Phi) is 6.33. The molecule has 0 spiro atoms. The Bertz CT molecular complexity index is 488. The van der Waals surface area contributed by atoms with Gasteiger partial charge in [0, 0.05) is 11.5 Å². The van der Waals surface area contributed by atoms with Crippen LogP contribution in [0, 0.1) is 17.1 Å². The van der Waals surface area contributed by atoms with E-state index in [0.717, 1.165) is 5.56 Å². The average molecular weight is 282 g/mol. The molecule has 0 saturated carbocycles. The van der Waals surface area contributed by atoms with Crippen molar-refractivity contribution < 1.29 is 13.9 Å². The highest BCUT2D eigenvalue weighted by atomic mass is 32.2. The fourth-order valence-corrected chi connectivity index (χ4v) is 2.29. The van der Waals surface area contributed by atoms with Crippen molar-refractivity contribution in [2.24, 2.45) is 5.73 Å². The zero-order valence-corrected chi connectivity index (χ0v) is 11.4. The number of carbonyl (C=O) groups is 1. The van der Waals surface area contributed by atoms with Gasteiger partial charge in [-0.25, -0.2) is 4.39 Å². The molecular formula is C13H15FN2O2S. The molecule has 4 nitrogen and oxygen atoms in total. The predicted molar refractivity (Wildman–Crippen MR) is 71.9 cm³/mol. The maximum Gasteiger partial charge on any atom is 0.323 e. The molecule has 0 aliphatic heterocycles. The van der Waals surface area contributed by atoms with Gasteiger partial charge < -0.3 is 10.5 Å². The summed E-state index contributed by atoms with van der Waals surface area (Å²) in [5.41, 5.74) is 6.48. The molecule has 1 unspecified atom stereocenters. The van der Waals surface area contributed by atoms with Gasteiger partial charge in [0.25, 0.3) is 0 Å². The maximum atomic E-state index is 13.1. The van der Waals surface area contributed by atoms with Crippen molar-refractivity contribution in [3.63, 3.8) is 0 Å². The van der Waals surface area contributed by atoms with E-state index in [4.69, 9.17) is 15.7 Å². The molecule has 0 heterocycles. The van der Waals surface area contributed by atoms with Crippen molar-refractivity contribution in [1.82, 2.24) is 0 Å². The highest BCUT2D eigenvalue weighted by molar-refractivity contribution is 7.98. The molecule has 1 aromatic rings. The van der Waals surface area contributed by atoms with E-state index < -0.39 is 17.8 Å². The summed E-state index contributed by atoms with van der Waals surface area (Å²) in [5.74, 6) is 0.0199. The van der Waals surface area contributed by atoms with Gasteiger partial charge in [-0.3, -0.25) is 4.79 Å². The normalized spacial score (nSPS) is 11.7. The molecule has 1 atom stereocenters. The first kappa shape index (κ1) is 15.5. The molecule has 6 heteroatoms. The maximum absolute atomic E-state index is 13.1. The third-order valence-electron chi connectivity index (χ3n) is 2.31. The second kappa shape index (κ2) is 7.77. The van der Waals surface area contributed by atoms with Crippen LogP contribution in [0.2, 0.25) is 0 Å². The van der Waals surface area contributed by atoms with Gasteiger partial charge >= 0.3 is 5.97 Å². The standard InChI is InChI=1S/C13H15FN2O2S/c1-2-18-13(17)12(16)8-19-7-9-3-4-11(14)10(5-9)6-15/h3-5,12H,2,7-8,16H2,1H3. The van der Waals surface area contributed by atoms with Gasteiger partial charge in [-0.15, -0.1) is 0 Å². The van der Waals surface area contributed by atoms with Gasteiger partial charge in [0.1, 0.15) is 17.9 Å². The van der Waals surface area contributed by atoms with Crippen LogP contribution in [0.25, 0.3) is 0 Å². The summed E-state index contributed by atoms with van der Waals surface area (Å²) < 4.78 is 17.9. The Morgan fingerprint density at radius 3 is 3.00 bits per heavy atom. The summed E-state index contributed by atoms with van der Waals surface area (Å²) in [6.45, 7) is 2.03. The fraction of sp³-hybridized carbons (Fsp3) is 0.385. The molecule has 0 amide bonds. The van der Waals surface area contributed by atoms with Crippen molar-refractivity contribution in [3.05, 3.63) is 35.1 Å². The van der Waals surface area contributed by atoms with E-state index in [-0.39, 0.29) is 5.56 Å². The van der Waals surface area contributed by atoms with Crippen molar-refractivity contribution in [3.8, 4) is 6.07 Å². The number of hydrogen-bond donors (Lipinski definition) is 1. The topological polar surface area (TPSA) is 76.1 Å². The SMILES string of the molecule is CCOC(=O)C(N)CSCc1ccc(F)c(C#N)c1. The zero-order valence-electron chi connectivity index (χ0n) is 10.6. The zero-order chi connectivity index (χ0) is 14.3. The molecule has 19 heavy (non-hydrogen) atoms. The molecule has 0 radical (unpaired) electrons. The number of nitrogens with two attached hydrogens (primary N) is 1. The van der Waals surface area contributed by atoms with Crippen LogP contribution in [0.5, 0.6) is 0 Å². The first-order valence-electron chi connectivity index (χ1n) is 5.77. The summed E-state index contributed by atoms with van der Waals surface area (Å²) in [7, 11) is 0. The number of ether oxygens (including phenoxy) is 1. The molecule has 102 valence electrons. The van der Waals surface area contributed by atoms with E-state index in [1.807, 2.05) is 0 Å². The number of halogens is 1. The first-order chi connectivity index (χ1) is 9.08. The minimum absolute atomic E-state index is 0.0211. The second-order valence-corrected chi connectivity index (χ2v) is 4.83. The molecular weight excluding hydrogens is 267 g/mol. The molecule has 1 aromatic carbocycles. The van der Waals surface area contributed by atoms with Crippen LogP contribution >= 0.6 is 11.8 Å². The Morgan fingerprint density at radius 2 is 2.37 bits per heavy atom.